The van der Waals surface area contributed by atoms with Crippen molar-refractivity contribution >= 4 is 5.91 Å². The molecule has 1 heterocycles. The lowest BCUT2D eigenvalue weighted by Crippen LogP contribution is -2.50. The molecule has 1 unspecified atom stereocenters. The topological polar surface area (TPSA) is 62.1 Å². The van der Waals surface area contributed by atoms with Crippen LogP contribution >= 0.6 is 0 Å². The minimum absolute atomic E-state index is 0.174. The van der Waals surface area contributed by atoms with Gasteiger partial charge in [-0.25, -0.2) is 0 Å². The zero-order valence-corrected chi connectivity index (χ0v) is 14.0. The molecule has 2 saturated carbocycles. The lowest BCUT2D eigenvalue weighted by molar-refractivity contribution is -0.156. The Morgan fingerprint density at radius 2 is 2.17 bits per heavy atom. The molecular weight excluding hydrogens is 300 g/mol. The molecule has 4 rings (SSSR count). The smallest absolute Gasteiger partial charge is 0.223 e. The number of ether oxygens (including phenoxy) is 1. The van der Waals surface area contributed by atoms with E-state index in [4.69, 9.17) is 10.00 Å². The monoisotopic (exact) mass is 324 g/mol. The van der Waals surface area contributed by atoms with Crippen LogP contribution in [-0.4, -0.2) is 19.1 Å². The first kappa shape index (κ1) is 15.7. The molecule has 1 aromatic rings. The predicted molar refractivity (Wildman–Crippen MR) is 90.0 cm³/mol. The minimum atomic E-state index is -0.449. The number of benzene rings is 1. The van der Waals surface area contributed by atoms with Gasteiger partial charge in [0, 0.05) is 12.3 Å². The first-order valence-corrected chi connectivity index (χ1v) is 9.07. The molecule has 1 aliphatic heterocycles. The van der Waals surface area contributed by atoms with Crippen molar-refractivity contribution in [1.29, 1.82) is 5.26 Å². The van der Waals surface area contributed by atoms with Crippen molar-refractivity contribution in [3.8, 4) is 6.07 Å². The van der Waals surface area contributed by atoms with E-state index in [1.54, 1.807) is 6.07 Å². The first-order valence-electron chi connectivity index (χ1n) is 9.07. The molecule has 1 amide bonds. The third-order valence-corrected chi connectivity index (χ3v) is 6.44. The van der Waals surface area contributed by atoms with Crippen LogP contribution in [0.25, 0.3) is 0 Å². The molecule has 1 N–H and O–H groups in total. The van der Waals surface area contributed by atoms with Gasteiger partial charge in [0.2, 0.25) is 5.91 Å². The molecule has 4 heteroatoms. The number of amides is 1. The molecule has 2 aliphatic carbocycles. The summed E-state index contributed by atoms with van der Waals surface area (Å²) in [6, 6.07) is 9.73. The molecule has 3 aliphatic rings. The second-order valence-electron chi connectivity index (χ2n) is 7.80. The third kappa shape index (κ3) is 2.61. The van der Waals surface area contributed by atoms with Gasteiger partial charge in [-0.2, -0.15) is 5.26 Å². The van der Waals surface area contributed by atoms with Crippen molar-refractivity contribution in [2.75, 3.05) is 13.2 Å². The fourth-order valence-electron chi connectivity index (χ4n) is 4.63. The quantitative estimate of drug-likeness (QED) is 0.924. The highest BCUT2D eigenvalue weighted by Crippen LogP contribution is 2.55. The maximum atomic E-state index is 12.6. The number of nitrogens with one attached hydrogen (secondary N) is 1. The van der Waals surface area contributed by atoms with Crippen molar-refractivity contribution < 1.29 is 9.53 Å². The number of hydrogen-bond acceptors (Lipinski definition) is 3. The summed E-state index contributed by atoms with van der Waals surface area (Å²) < 4.78 is 5.87. The Hall–Kier alpha value is -1.86. The van der Waals surface area contributed by atoms with Crippen LogP contribution in [0.3, 0.4) is 0 Å². The molecule has 0 bridgehead atoms. The van der Waals surface area contributed by atoms with Crippen LogP contribution in [0.1, 0.15) is 56.1 Å². The van der Waals surface area contributed by atoms with E-state index in [0.29, 0.717) is 24.1 Å². The highest BCUT2D eigenvalue weighted by molar-refractivity contribution is 5.79. The molecule has 24 heavy (non-hydrogen) atoms. The SMILES string of the molecule is N#Cc1cccc([C@]2(CNC(=O)C3CCC4(CCC4)C3)CCO2)c1. The average molecular weight is 324 g/mol. The van der Waals surface area contributed by atoms with E-state index in [9.17, 15) is 4.79 Å². The average Bonchev–Trinajstić information content (AvgIpc) is 3.00. The maximum absolute atomic E-state index is 12.6. The summed E-state index contributed by atoms with van der Waals surface area (Å²) in [6.45, 7) is 1.21. The first-order chi connectivity index (χ1) is 11.6. The summed E-state index contributed by atoms with van der Waals surface area (Å²) in [4.78, 5) is 12.6. The summed E-state index contributed by atoms with van der Waals surface area (Å²) in [7, 11) is 0. The second-order valence-corrected chi connectivity index (χ2v) is 7.80. The summed E-state index contributed by atoms with van der Waals surface area (Å²) in [6.07, 6.45) is 8.16. The fourth-order valence-corrected chi connectivity index (χ4v) is 4.63. The number of rotatable bonds is 4. The lowest BCUT2D eigenvalue weighted by atomic mass is 9.67. The Morgan fingerprint density at radius 3 is 2.75 bits per heavy atom. The number of hydrogen-bond donors (Lipinski definition) is 1. The molecule has 3 fully saturated rings. The second kappa shape index (κ2) is 5.89. The van der Waals surface area contributed by atoms with Gasteiger partial charge in [0.25, 0.3) is 0 Å². The zero-order valence-electron chi connectivity index (χ0n) is 14.0. The largest absolute Gasteiger partial charge is 0.368 e. The van der Waals surface area contributed by atoms with Crippen molar-refractivity contribution in [2.24, 2.45) is 11.3 Å². The Balaban J connectivity index is 1.40. The van der Waals surface area contributed by atoms with Gasteiger partial charge in [-0.15, -0.1) is 0 Å². The summed E-state index contributed by atoms with van der Waals surface area (Å²) in [5.74, 6) is 0.359. The van der Waals surface area contributed by atoms with E-state index < -0.39 is 5.60 Å². The van der Waals surface area contributed by atoms with Gasteiger partial charge in [0.15, 0.2) is 0 Å². The minimum Gasteiger partial charge on any atom is -0.368 e. The van der Waals surface area contributed by atoms with Crippen molar-refractivity contribution in [3.63, 3.8) is 0 Å². The number of carbonyl (C=O) groups is 1. The van der Waals surface area contributed by atoms with E-state index in [2.05, 4.69) is 11.4 Å². The Bertz CT molecular complexity index is 683. The summed E-state index contributed by atoms with van der Waals surface area (Å²) >= 11 is 0. The van der Waals surface area contributed by atoms with Gasteiger partial charge in [-0.1, -0.05) is 18.6 Å². The third-order valence-electron chi connectivity index (χ3n) is 6.44. The standard InChI is InChI=1S/C20H24N2O2/c21-13-15-3-1-4-17(11-15)20(9-10-24-20)14-22-18(23)16-5-8-19(12-16)6-2-7-19/h1,3-4,11,16H,2,5-10,12,14H2,(H,22,23)/t16?,20-/m1/s1. The van der Waals surface area contributed by atoms with Crippen LogP contribution in [0.2, 0.25) is 0 Å². The van der Waals surface area contributed by atoms with Crippen LogP contribution in [0, 0.1) is 22.7 Å². The lowest BCUT2D eigenvalue weighted by Gasteiger charge is -2.42. The molecule has 1 aromatic carbocycles. The van der Waals surface area contributed by atoms with Gasteiger partial charge in [0.05, 0.1) is 24.8 Å². The highest BCUT2D eigenvalue weighted by atomic mass is 16.5. The summed E-state index contributed by atoms with van der Waals surface area (Å²) in [5.41, 5.74) is 1.68. The van der Waals surface area contributed by atoms with Crippen molar-refractivity contribution in [2.45, 2.75) is 50.5 Å². The molecule has 4 nitrogen and oxygen atoms in total. The van der Waals surface area contributed by atoms with Gasteiger partial charge in [-0.3, -0.25) is 4.79 Å². The van der Waals surface area contributed by atoms with E-state index >= 15 is 0 Å². The summed E-state index contributed by atoms with van der Waals surface area (Å²) in [5, 5.41) is 12.2. The van der Waals surface area contributed by atoms with Crippen LogP contribution in [-0.2, 0) is 15.1 Å². The van der Waals surface area contributed by atoms with Gasteiger partial charge in [0.1, 0.15) is 5.60 Å². The Kier molecular flexibility index (Phi) is 3.85. The predicted octanol–water partition coefficient (Wildman–Crippen LogP) is 3.26. The molecule has 126 valence electrons. The van der Waals surface area contributed by atoms with Crippen LogP contribution in [0.4, 0.5) is 0 Å². The van der Waals surface area contributed by atoms with Gasteiger partial charge >= 0.3 is 0 Å². The van der Waals surface area contributed by atoms with Crippen molar-refractivity contribution in [1.82, 2.24) is 5.32 Å². The van der Waals surface area contributed by atoms with Crippen LogP contribution in [0.15, 0.2) is 24.3 Å². The molecule has 0 radical (unpaired) electrons. The fraction of sp³-hybridized carbons (Fsp3) is 0.600. The van der Waals surface area contributed by atoms with Crippen LogP contribution < -0.4 is 5.32 Å². The number of nitrogens with zero attached hydrogens (tertiary/aromatic N) is 1. The number of carbonyl (C=O) groups excluding carboxylic acids is 1. The highest BCUT2D eigenvalue weighted by Gasteiger charge is 2.46. The maximum Gasteiger partial charge on any atom is 0.223 e. The zero-order chi connectivity index (χ0) is 16.6. The number of nitriles is 1. The van der Waals surface area contributed by atoms with Crippen molar-refractivity contribution in [3.05, 3.63) is 35.4 Å². The van der Waals surface area contributed by atoms with E-state index in [1.807, 2.05) is 18.2 Å². The van der Waals surface area contributed by atoms with E-state index in [1.165, 1.54) is 25.7 Å². The molecule has 1 spiro atoms. The normalized spacial score (nSPS) is 30.2. The molecular formula is C20H24N2O2. The Labute approximate surface area is 143 Å². The van der Waals surface area contributed by atoms with E-state index in [0.717, 1.165) is 24.8 Å². The van der Waals surface area contributed by atoms with Gasteiger partial charge in [-0.05, 0) is 55.2 Å². The molecule has 1 saturated heterocycles. The van der Waals surface area contributed by atoms with Crippen LogP contribution in [0.5, 0.6) is 0 Å². The van der Waals surface area contributed by atoms with Gasteiger partial charge < -0.3 is 10.1 Å². The molecule has 2 atom stereocenters. The molecule has 0 aromatic heterocycles. The Morgan fingerprint density at radius 1 is 1.33 bits per heavy atom. The van der Waals surface area contributed by atoms with E-state index in [-0.39, 0.29) is 11.8 Å².